The number of ether oxygens (including phenoxy) is 5. The van der Waals surface area contributed by atoms with Gasteiger partial charge in [-0.15, -0.1) is 0 Å². The normalized spacial score (nSPS) is 33.1. The van der Waals surface area contributed by atoms with Crippen LogP contribution in [0.25, 0.3) is 11.0 Å². The Balaban J connectivity index is 1.18. The molecule has 214 valence electrons. The average Bonchev–Trinajstić information content (AvgIpc) is 3.50. The van der Waals surface area contributed by atoms with Crippen LogP contribution in [0.3, 0.4) is 0 Å². The van der Waals surface area contributed by atoms with E-state index >= 15 is 0 Å². The van der Waals surface area contributed by atoms with Gasteiger partial charge in [-0.05, 0) is 60.5 Å². The van der Waals surface area contributed by atoms with Gasteiger partial charge in [0, 0.05) is 37.8 Å². The van der Waals surface area contributed by atoms with Gasteiger partial charge in [-0.2, -0.15) is 0 Å². The molecular weight excluding hydrogens is 502 g/mol. The summed E-state index contributed by atoms with van der Waals surface area (Å²) in [6.45, 7) is 15.6. The first-order valence-electron chi connectivity index (χ1n) is 14.1. The lowest BCUT2D eigenvalue weighted by Gasteiger charge is -2.48. The number of nitrogens with zero attached hydrogens (tertiary/aromatic N) is 5. The number of amides is 1. The molecule has 0 N–H and O–H groups in total. The zero-order valence-electron chi connectivity index (χ0n) is 23.9. The summed E-state index contributed by atoms with van der Waals surface area (Å²) in [4.78, 5) is 25.9. The monoisotopic (exact) mass is 543 g/mol. The van der Waals surface area contributed by atoms with Gasteiger partial charge in [0.25, 0.3) is 0 Å². The van der Waals surface area contributed by atoms with Crippen molar-refractivity contribution in [2.24, 2.45) is 0 Å². The van der Waals surface area contributed by atoms with Crippen molar-refractivity contribution in [1.29, 1.82) is 0 Å². The van der Waals surface area contributed by atoms with Gasteiger partial charge in [-0.25, -0.2) is 14.8 Å². The number of hydrogen-bond acceptors (Lipinski definition) is 9. The van der Waals surface area contributed by atoms with Crippen molar-refractivity contribution in [2.45, 2.75) is 95.9 Å². The highest BCUT2D eigenvalue weighted by molar-refractivity contribution is 5.78. The summed E-state index contributed by atoms with van der Waals surface area (Å²) in [5.41, 5.74) is 0.818. The molecule has 4 fully saturated rings. The Morgan fingerprint density at radius 3 is 2.74 bits per heavy atom. The molecule has 2 aromatic heterocycles. The molecule has 6 rings (SSSR count). The van der Waals surface area contributed by atoms with Crippen LogP contribution in [0.15, 0.2) is 18.6 Å². The molecule has 0 radical (unpaired) electrons. The standard InChI is InChI=1S/C28H41N5O6/c1-18-19-8-11-33(23(19)30-17-29-18)24-22-21(37-27(5,6)38-22)20(36-24)14-31-12-13-35-28(15-31)9-7-10-32(16-28)25(34)39-26(2,3)4/h8,11,17,20-22,24H,7,9-10,12-16H2,1-6H3/t20-,21-,22-,24-,28?/m1/s1. The number of piperidine rings is 1. The van der Waals surface area contributed by atoms with E-state index in [0.717, 1.165) is 42.7 Å². The van der Waals surface area contributed by atoms with Gasteiger partial charge >= 0.3 is 6.09 Å². The van der Waals surface area contributed by atoms with Gasteiger partial charge in [0.1, 0.15) is 35.9 Å². The van der Waals surface area contributed by atoms with Crippen LogP contribution in [0.2, 0.25) is 0 Å². The first kappa shape index (κ1) is 26.9. The second-order valence-electron chi connectivity index (χ2n) is 12.8. The fourth-order valence-corrected chi connectivity index (χ4v) is 6.49. The molecule has 1 unspecified atom stereocenters. The van der Waals surface area contributed by atoms with E-state index < -0.39 is 17.0 Å². The van der Waals surface area contributed by atoms with E-state index in [-0.39, 0.29) is 30.6 Å². The van der Waals surface area contributed by atoms with Crippen molar-refractivity contribution >= 4 is 17.1 Å². The summed E-state index contributed by atoms with van der Waals surface area (Å²) in [6.07, 6.45) is 4.08. The lowest BCUT2D eigenvalue weighted by molar-refractivity contribution is -0.201. The van der Waals surface area contributed by atoms with Crippen molar-refractivity contribution in [2.75, 3.05) is 39.3 Å². The predicted molar refractivity (Wildman–Crippen MR) is 142 cm³/mol. The lowest BCUT2D eigenvalue weighted by Crippen LogP contribution is -2.61. The predicted octanol–water partition coefficient (Wildman–Crippen LogP) is 3.26. The zero-order valence-corrected chi connectivity index (χ0v) is 23.9. The Hall–Kier alpha value is -2.31. The number of carbonyl (C=O) groups is 1. The first-order chi connectivity index (χ1) is 18.4. The summed E-state index contributed by atoms with van der Waals surface area (Å²) >= 11 is 0. The topological polar surface area (TPSA) is 100 Å². The van der Waals surface area contributed by atoms with E-state index in [1.807, 2.05) is 58.4 Å². The van der Waals surface area contributed by atoms with Gasteiger partial charge < -0.3 is 33.2 Å². The van der Waals surface area contributed by atoms with E-state index in [4.69, 9.17) is 23.7 Å². The number of carbonyl (C=O) groups excluding carboxylic acids is 1. The molecule has 5 atom stereocenters. The van der Waals surface area contributed by atoms with Gasteiger partial charge in [0.2, 0.25) is 0 Å². The lowest BCUT2D eigenvalue weighted by atomic mass is 9.90. The second kappa shape index (κ2) is 9.66. The Labute approximate surface area is 229 Å². The van der Waals surface area contributed by atoms with Crippen LogP contribution in [-0.4, -0.2) is 105 Å². The van der Waals surface area contributed by atoms with Crippen LogP contribution in [0.5, 0.6) is 0 Å². The van der Waals surface area contributed by atoms with Crippen LogP contribution in [0.4, 0.5) is 4.79 Å². The van der Waals surface area contributed by atoms with Crippen molar-refractivity contribution < 1.29 is 28.5 Å². The molecule has 1 spiro atoms. The highest BCUT2D eigenvalue weighted by Crippen LogP contribution is 2.44. The molecule has 0 aliphatic carbocycles. The number of likely N-dealkylation sites (tertiary alicyclic amines) is 1. The number of hydrogen-bond donors (Lipinski definition) is 0. The fraction of sp³-hybridized carbons (Fsp3) is 0.750. The molecule has 0 saturated carbocycles. The largest absolute Gasteiger partial charge is 0.444 e. The molecule has 6 heterocycles. The van der Waals surface area contributed by atoms with Crippen molar-refractivity contribution in [1.82, 2.24) is 24.3 Å². The third-order valence-corrected chi connectivity index (χ3v) is 8.06. The highest BCUT2D eigenvalue weighted by atomic mass is 16.8. The van der Waals surface area contributed by atoms with Crippen LogP contribution in [0.1, 0.15) is 59.4 Å². The maximum absolute atomic E-state index is 12.8. The minimum atomic E-state index is -0.701. The number of morpholine rings is 1. The van der Waals surface area contributed by atoms with Crippen molar-refractivity contribution in [3.05, 3.63) is 24.3 Å². The van der Waals surface area contributed by atoms with E-state index in [0.29, 0.717) is 26.2 Å². The summed E-state index contributed by atoms with van der Waals surface area (Å²) in [6, 6.07) is 2.03. The molecule has 0 bridgehead atoms. The average molecular weight is 544 g/mol. The van der Waals surface area contributed by atoms with Gasteiger partial charge in [-0.3, -0.25) is 4.90 Å². The minimum Gasteiger partial charge on any atom is -0.444 e. The maximum Gasteiger partial charge on any atom is 0.410 e. The molecule has 11 nitrogen and oxygen atoms in total. The van der Waals surface area contributed by atoms with E-state index in [9.17, 15) is 4.79 Å². The van der Waals surface area contributed by atoms with Crippen LogP contribution in [0, 0.1) is 6.92 Å². The number of rotatable bonds is 3. The third kappa shape index (κ3) is 5.27. The summed E-state index contributed by atoms with van der Waals surface area (Å²) in [5.74, 6) is -0.701. The Bertz CT molecular complexity index is 1220. The summed E-state index contributed by atoms with van der Waals surface area (Å²) in [7, 11) is 0. The van der Waals surface area contributed by atoms with E-state index in [1.165, 1.54) is 0 Å². The molecule has 4 aliphatic heterocycles. The van der Waals surface area contributed by atoms with Crippen LogP contribution in [-0.2, 0) is 23.7 Å². The minimum absolute atomic E-state index is 0.192. The molecule has 0 aromatic carbocycles. The van der Waals surface area contributed by atoms with Gasteiger partial charge in [-0.1, -0.05) is 0 Å². The molecule has 1 amide bonds. The summed E-state index contributed by atoms with van der Waals surface area (Å²) in [5, 5.41) is 1.00. The Morgan fingerprint density at radius 2 is 1.95 bits per heavy atom. The molecule has 39 heavy (non-hydrogen) atoms. The van der Waals surface area contributed by atoms with Gasteiger partial charge in [0.15, 0.2) is 12.0 Å². The smallest absolute Gasteiger partial charge is 0.410 e. The molecule has 2 aromatic rings. The molecule has 4 saturated heterocycles. The van der Waals surface area contributed by atoms with Crippen LogP contribution >= 0.6 is 0 Å². The SMILES string of the molecule is Cc1ncnc2c1ccn2[C@@H]1O[C@H](CN2CCOC3(CCCN(C(=O)OC(C)(C)C)C3)C2)[C@H]2OC(C)(C)O[C@H]21. The van der Waals surface area contributed by atoms with Crippen LogP contribution < -0.4 is 0 Å². The van der Waals surface area contributed by atoms with Crippen molar-refractivity contribution in [3.8, 4) is 0 Å². The first-order valence-corrected chi connectivity index (χ1v) is 14.1. The number of aromatic nitrogens is 3. The maximum atomic E-state index is 12.8. The second-order valence-corrected chi connectivity index (χ2v) is 12.8. The Kier molecular flexibility index (Phi) is 6.66. The third-order valence-electron chi connectivity index (χ3n) is 8.06. The number of fused-ring (bicyclic) bond motifs is 2. The highest BCUT2D eigenvalue weighted by Gasteiger charge is 2.56. The van der Waals surface area contributed by atoms with E-state index in [1.54, 1.807) is 11.2 Å². The molecule has 11 heteroatoms. The van der Waals surface area contributed by atoms with Crippen molar-refractivity contribution in [3.63, 3.8) is 0 Å². The van der Waals surface area contributed by atoms with Gasteiger partial charge in [0.05, 0.1) is 24.4 Å². The molecular formula is C28H41N5O6. The summed E-state index contributed by atoms with van der Waals surface area (Å²) < 4.78 is 33.5. The Morgan fingerprint density at radius 1 is 1.15 bits per heavy atom. The number of aryl methyl sites for hydroxylation is 1. The quantitative estimate of drug-likeness (QED) is 0.577. The van der Waals surface area contributed by atoms with E-state index in [2.05, 4.69) is 14.9 Å². The zero-order chi connectivity index (χ0) is 27.6. The molecule has 4 aliphatic rings. The fourth-order valence-electron chi connectivity index (χ4n) is 6.49.